The number of carbonyl (C=O) groups excluding carboxylic acids is 1. The lowest BCUT2D eigenvalue weighted by molar-refractivity contribution is 0.123. The van der Waals surface area contributed by atoms with Crippen LogP contribution in [0.15, 0.2) is 91.0 Å². The van der Waals surface area contributed by atoms with Gasteiger partial charge in [-0.05, 0) is 23.3 Å². The van der Waals surface area contributed by atoms with Gasteiger partial charge < -0.3 is 14.6 Å². The standard InChI is InChI=1S/C29H30N4O2/c1-31(24-15-9-4-10-16-24)29(35)32-20-26-27(18-25(32)21-34)33(19-23-13-7-3-8-14-23)28(30-26)17-22-11-5-2-6-12-22/h2-16,25,34H,17-21H2,1H3/t25-/m0/s1. The van der Waals surface area contributed by atoms with Crippen LogP contribution in [0, 0.1) is 0 Å². The van der Waals surface area contributed by atoms with Gasteiger partial charge in [-0.2, -0.15) is 0 Å². The van der Waals surface area contributed by atoms with Gasteiger partial charge >= 0.3 is 6.03 Å². The molecule has 1 aromatic heterocycles. The third-order valence-electron chi connectivity index (χ3n) is 6.70. The van der Waals surface area contributed by atoms with Crippen molar-refractivity contribution in [2.24, 2.45) is 0 Å². The lowest BCUT2D eigenvalue weighted by atomic mass is 10.0. The summed E-state index contributed by atoms with van der Waals surface area (Å²) in [4.78, 5) is 21.9. The van der Waals surface area contributed by atoms with E-state index in [1.165, 1.54) is 11.1 Å². The normalized spacial score (nSPS) is 15.0. The topological polar surface area (TPSA) is 61.6 Å². The van der Waals surface area contributed by atoms with Gasteiger partial charge in [-0.3, -0.25) is 4.90 Å². The van der Waals surface area contributed by atoms with E-state index in [4.69, 9.17) is 4.98 Å². The molecule has 0 radical (unpaired) electrons. The van der Waals surface area contributed by atoms with Crippen molar-refractivity contribution in [2.45, 2.75) is 32.0 Å². The SMILES string of the molecule is CN(C(=O)N1Cc2nc(Cc3ccccc3)n(Cc3ccccc3)c2C[C@H]1CO)c1ccccc1. The summed E-state index contributed by atoms with van der Waals surface area (Å²) in [5, 5.41) is 10.3. The van der Waals surface area contributed by atoms with Crippen molar-refractivity contribution in [3.63, 3.8) is 0 Å². The molecule has 0 saturated carbocycles. The second-order valence-electron chi connectivity index (χ2n) is 9.00. The summed E-state index contributed by atoms with van der Waals surface area (Å²) in [7, 11) is 1.77. The smallest absolute Gasteiger partial charge is 0.324 e. The van der Waals surface area contributed by atoms with Crippen molar-refractivity contribution in [1.29, 1.82) is 0 Å². The zero-order valence-electron chi connectivity index (χ0n) is 19.9. The van der Waals surface area contributed by atoms with E-state index in [1.807, 2.05) is 66.7 Å². The first-order valence-corrected chi connectivity index (χ1v) is 12.0. The number of rotatable bonds is 6. The first-order chi connectivity index (χ1) is 17.1. The number of aliphatic hydroxyl groups excluding tert-OH is 1. The summed E-state index contributed by atoms with van der Waals surface area (Å²) in [6, 6.07) is 29.8. The summed E-state index contributed by atoms with van der Waals surface area (Å²) in [6.45, 7) is 0.986. The Morgan fingerprint density at radius 3 is 2.17 bits per heavy atom. The largest absolute Gasteiger partial charge is 0.394 e. The van der Waals surface area contributed by atoms with Crippen molar-refractivity contribution >= 4 is 11.7 Å². The van der Waals surface area contributed by atoms with Gasteiger partial charge in [-0.15, -0.1) is 0 Å². The molecule has 35 heavy (non-hydrogen) atoms. The number of aromatic nitrogens is 2. The minimum atomic E-state index is -0.308. The Morgan fingerprint density at radius 2 is 1.54 bits per heavy atom. The van der Waals surface area contributed by atoms with Gasteiger partial charge in [0.2, 0.25) is 0 Å². The maximum atomic E-state index is 13.5. The second kappa shape index (κ2) is 10.2. The van der Waals surface area contributed by atoms with Gasteiger partial charge in [0.15, 0.2) is 0 Å². The molecule has 6 heteroatoms. The van der Waals surface area contributed by atoms with Gasteiger partial charge in [0.05, 0.1) is 24.9 Å². The number of aliphatic hydroxyl groups is 1. The third kappa shape index (κ3) is 4.84. The number of fused-ring (bicyclic) bond motifs is 1. The van der Waals surface area contributed by atoms with E-state index in [0.29, 0.717) is 25.9 Å². The molecule has 2 amide bonds. The molecule has 0 aliphatic carbocycles. The predicted molar refractivity (Wildman–Crippen MR) is 137 cm³/mol. The molecule has 0 saturated heterocycles. The highest BCUT2D eigenvalue weighted by Crippen LogP contribution is 2.28. The summed E-state index contributed by atoms with van der Waals surface area (Å²) in [6.07, 6.45) is 1.27. The quantitative estimate of drug-likeness (QED) is 0.455. The van der Waals surface area contributed by atoms with Gasteiger partial charge in [-0.1, -0.05) is 78.9 Å². The van der Waals surface area contributed by atoms with Crippen molar-refractivity contribution < 1.29 is 9.90 Å². The van der Waals surface area contributed by atoms with Crippen LogP contribution in [0.4, 0.5) is 10.5 Å². The zero-order chi connectivity index (χ0) is 24.2. The van der Waals surface area contributed by atoms with Crippen LogP contribution < -0.4 is 4.90 Å². The average molecular weight is 467 g/mol. The van der Waals surface area contributed by atoms with E-state index in [9.17, 15) is 9.90 Å². The average Bonchev–Trinajstić information content (AvgIpc) is 3.24. The maximum absolute atomic E-state index is 13.5. The first-order valence-electron chi connectivity index (χ1n) is 12.0. The number of amides is 2. The molecule has 4 aromatic rings. The minimum absolute atomic E-state index is 0.0989. The molecular formula is C29H30N4O2. The van der Waals surface area contributed by atoms with Crippen molar-refractivity contribution in [3.05, 3.63) is 119 Å². The number of carbonyl (C=O) groups is 1. The van der Waals surface area contributed by atoms with Crippen LogP contribution in [-0.4, -0.2) is 45.3 Å². The lowest BCUT2D eigenvalue weighted by Gasteiger charge is -2.37. The predicted octanol–water partition coefficient (Wildman–Crippen LogP) is 4.50. The number of urea groups is 1. The third-order valence-corrected chi connectivity index (χ3v) is 6.70. The molecule has 6 nitrogen and oxygen atoms in total. The molecule has 1 aliphatic rings. The first kappa shape index (κ1) is 22.9. The van der Waals surface area contributed by atoms with E-state index in [2.05, 4.69) is 28.8 Å². The molecule has 3 aromatic carbocycles. The van der Waals surface area contributed by atoms with Crippen molar-refractivity contribution in [1.82, 2.24) is 14.5 Å². The van der Waals surface area contributed by atoms with Gasteiger partial charge in [0, 0.05) is 37.8 Å². The molecule has 2 heterocycles. The Bertz CT molecular complexity index is 1270. The van der Waals surface area contributed by atoms with Gasteiger partial charge in [0.1, 0.15) is 5.82 Å². The van der Waals surface area contributed by atoms with E-state index < -0.39 is 0 Å². The van der Waals surface area contributed by atoms with E-state index >= 15 is 0 Å². The Morgan fingerprint density at radius 1 is 0.943 bits per heavy atom. The molecule has 1 atom stereocenters. The summed E-state index contributed by atoms with van der Waals surface area (Å²) in [5.41, 5.74) is 5.22. The Labute approximate surface area is 206 Å². The zero-order valence-corrected chi connectivity index (χ0v) is 19.9. The summed E-state index contributed by atoms with van der Waals surface area (Å²) < 4.78 is 2.28. The van der Waals surface area contributed by atoms with Crippen LogP contribution in [0.3, 0.4) is 0 Å². The van der Waals surface area contributed by atoms with Crippen LogP contribution in [0.2, 0.25) is 0 Å². The molecule has 178 valence electrons. The molecule has 1 N–H and O–H groups in total. The van der Waals surface area contributed by atoms with Crippen molar-refractivity contribution in [3.8, 4) is 0 Å². The van der Waals surface area contributed by atoms with Gasteiger partial charge in [-0.25, -0.2) is 9.78 Å². The highest BCUT2D eigenvalue weighted by Gasteiger charge is 2.35. The van der Waals surface area contributed by atoms with Crippen LogP contribution in [0.25, 0.3) is 0 Å². The fourth-order valence-electron chi connectivity index (χ4n) is 4.78. The lowest BCUT2D eigenvalue weighted by Crippen LogP contribution is -2.51. The Balaban J connectivity index is 1.49. The molecular weight excluding hydrogens is 436 g/mol. The number of imidazole rings is 1. The maximum Gasteiger partial charge on any atom is 0.324 e. The highest BCUT2D eigenvalue weighted by atomic mass is 16.3. The molecule has 1 aliphatic heterocycles. The van der Waals surface area contributed by atoms with E-state index in [0.717, 1.165) is 22.9 Å². The van der Waals surface area contributed by atoms with E-state index in [1.54, 1.807) is 16.8 Å². The van der Waals surface area contributed by atoms with Crippen molar-refractivity contribution in [2.75, 3.05) is 18.6 Å². The molecule has 0 bridgehead atoms. The molecule has 0 fully saturated rings. The van der Waals surface area contributed by atoms with Gasteiger partial charge in [0.25, 0.3) is 0 Å². The van der Waals surface area contributed by atoms with Crippen LogP contribution in [-0.2, 0) is 25.9 Å². The molecule has 5 rings (SSSR count). The Hall–Kier alpha value is -3.90. The number of para-hydroxylation sites is 1. The Kier molecular flexibility index (Phi) is 6.64. The molecule has 0 spiro atoms. The summed E-state index contributed by atoms with van der Waals surface area (Å²) >= 11 is 0. The fourth-order valence-corrected chi connectivity index (χ4v) is 4.78. The highest BCUT2D eigenvalue weighted by molar-refractivity contribution is 5.91. The second-order valence-corrected chi connectivity index (χ2v) is 9.00. The minimum Gasteiger partial charge on any atom is -0.394 e. The number of hydrogen-bond acceptors (Lipinski definition) is 3. The molecule has 0 unspecified atom stereocenters. The van der Waals surface area contributed by atoms with E-state index in [-0.39, 0.29) is 18.7 Å². The number of benzene rings is 3. The van der Waals surface area contributed by atoms with Crippen LogP contribution in [0.5, 0.6) is 0 Å². The number of hydrogen-bond donors (Lipinski definition) is 1. The number of anilines is 1. The van der Waals surface area contributed by atoms with Crippen LogP contribution in [0.1, 0.15) is 28.3 Å². The monoisotopic (exact) mass is 466 g/mol. The summed E-state index contributed by atoms with van der Waals surface area (Å²) in [5.74, 6) is 0.979. The van der Waals surface area contributed by atoms with Crippen LogP contribution >= 0.6 is 0 Å². The fraction of sp³-hybridized carbons (Fsp3) is 0.241. The number of nitrogens with zero attached hydrogens (tertiary/aromatic N) is 4.